The van der Waals surface area contributed by atoms with Crippen LogP contribution < -0.4 is 4.74 Å². The lowest BCUT2D eigenvalue weighted by Crippen LogP contribution is -2.37. The highest BCUT2D eigenvalue weighted by atomic mass is 16.6. The molecule has 2 heterocycles. The van der Waals surface area contributed by atoms with Gasteiger partial charge >= 0.3 is 0 Å². The molecule has 0 radical (unpaired) electrons. The molecule has 0 saturated carbocycles. The average molecular weight is 602 g/mol. The van der Waals surface area contributed by atoms with E-state index in [4.69, 9.17) is 28.7 Å². The maximum atomic E-state index is 6.76. The highest BCUT2D eigenvalue weighted by molar-refractivity contribution is 5.31. The Morgan fingerprint density at radius 1 is 0.600 bits per heavy atom. The largest absolute Gasteiger partial charge is 0.473 e. The molecule has 0 bridgehead atoms. The third-order valence-electron chi connectivity index (χ3n) is 7.87. The zero-order valence-electron chi connectivity index (χ0n) is 25.5. The van der Waals surface area contributed by atoms with Crippen molar-refractivity contribution in [3.63, 3.8) is 0 Å². The summed E-state index contributed by atoms with van der Waals surface area (Å²) in [5.41, 5.74) is 6.21. The van der Waals surface area contributed by atoms with Gasteiger partial charge in [0.2, 0.25) is 5.88 Å². The van der Waals surface area contributed by atoms with Crippen molar-refractivity contribution in [3.05, 3.63) is 167 Å². The van der Waals surface area contributed by atoms with Gasteiger partial charge in [-0.15, -0.1) is 0 Å². The van der Waals surface area contributed by atoms with Crippen molar-refractivity contribution in [3.8, 4) is 5.88 Å². The van der Waals surface area contributed by atoms with Gasteiger partial charge < -0.3 is 23.7 Å². The molecule has 5 aromatic rings. The number of rotatable bonds is 14. The second-order valence-corrected chi connectivity index (χ2v) is 11.3. The van der Waals surface area contributed by atoms with Crippen molar-refractivity contribution in [2.75, 3.05) is 6.61 Å². The number of nitrogens with zero attached hydrogens (tertiary/aromatic N) is 1. The maximum Gasteiger partial charge on any atom is 0.216 e. The Morgan fingerprint density at radius 2 is 1.09 bits per heavy atom. The second-order valence-electron chi connectivity index (χ2n) is 11.3. The normalized spacial score (nSPS) is 19.4. The molecule has 0 N–H and O–H groups in total. The van der Waals surface area contributed by atoms with Gasteiger partial charge in [0, 0.05) is 17.3 Å². The zero-order chi connectivity index (χ0) is 30.7. The van der Waals surface area contributed by atoms with Crippen molar-refractivity contribution < 1.29 is 23.7 Å². The van der Waals surface area contributed by atoms with Gasteiger partial charge in [-0.1, -0.05) is 121 Å². The van der Waals surface area contributed by atoms with Crippen LogP contribution >= 0.6 is 0 Å². The molecule has 4 atom stereocenters. The molecule has 6 heteroatoms. The van der Waals surface area contributed by atoms with E-state index in [2.05, 4.69) is 42.5 Å². The topological polar surface area (TPSA) is 59.0 Å². The molecule has 1 aliphatic rings. The van der Waals surface area contributed by atoms with Crippen LogP contribution in [0.25, 0.3) is 0 Å². The van der Waals surface area contributed by atoms with E-state index in [9.17, 15) is 0 Å². The van der Waals surface area contributed by atoms with E-state index >= 15 is 0 Å². The summed E-state index contributed by atoms with van der Waals surface area (Å²) in [6.45, 7) is 4.17. The SMILES string of the molecule is Cc1cc([C@@H]2O[C@H](COCc3ccccc3)[C@H](OCc3ccccc3)C2OCc2ccccc2)cnc1OCc1ccccc1. The van der Waals surface area contributed by atoms with E-state index in [0.717, 1.165) is 33.4 Å². The van der Waals surface area contributed by atoms with Crippen LogP contribution in [0.15, 0.2) is 134 Å². The molecule has 230 valence electrons. The first-order valence-electron chi connectivity index (χ1n) is 15.4. The average Bonchev–Trinajstić information content (AvgIpc) is 3.44. The van der Waals surface area contributed by atoms with Crippen LogP contribution in [0, 0.1) is 6.92 Å². The summed E-state index contributed by atoms with van der Waals surface area (Å²) in [5, 5.41) is 0. The molecule has 6 rings (SSSR count). The third kappa shape index (κ3) is 8.44. The molecule has 1 aliphatic heterocycles. The minimum atomic E-state index is -0.408. The highest BCUT2D eigenvalue weighted by Crippen LogP contribution is 2.39. The standard InChI is InChI=1S/C39H39NO5/c1-29-22-34(23-40-39(29)44-27-33-20-12-5-13-21-33)36-38(43-26-32-18-10-4-11-19-32)37(42-25-31-16-8-3-9-17-31)35(45-36)28-41-24-30-14-6-2-7-15-30/h2-23,35-38H,24-28H2,1H3/t35-,36+,37+,38?/m1/s1. The molecule has 0 amide bonds. The number of benzene rings is 4. The lowest BCUT2D eigenvalue weighted by molar-refractivity contribution is -0.0898. The van der Waals surface area contributed by atoms with Gasteiger partial charge in [0.05, 0.1) is 26.4 Å². The number of aryl methyl sites for hydroxylation is 1. The summed E-state index contributed by atoms with van der Waals surface area (Å²) in [5.74, 6) is 0.599. The van der Waals surface area contributed by atoms with Gasteiger partial charge in [0.1, 0.15) is 31.0 Å². The van der Waals surface area contributed by atoms with Gasteiger partial charge in [-0.25, -0.2) is 4.98 Å². The van der Waals surface area contributed by atoms with E-state index in [1.165, 1.54) is 0 Å². The molecule has 1 aromatic heterocycles. The van der Waals surface area contributed by atoms with Gasteiger partial charge in [0.15, 0.2) is 0 Å². The monoisotopic (exact) mass is 601 g/mol. The summed E-state index contributed by atoms with van der Waals surface area (Å²) >= 11 is 0. The van der Waals surface area contributed by atoms with Crippen LogP contribution in [0.2, 0.25) is 0 Å². The summed E-state index contributed by atoms with van der Waals surface area (Å²) in [7, 11) is 0. The molecule has 1 fully saturated rings. The fraction of sp³-hybridized carbons (Fsp3) is 0.256. The smallest absolute Gasteiger partial charge is 0.216 e. The van der Waals surface area contributed by atoms with Gasteiger partial charge in [-0.05, 0) is 35.2 Å². The second kappa shape index (κ2) is 15.6. The molecule has 6 nitrogen and oxygen atoms in total. The Kier molecular flexibility index (Phi) is 10.6. The van der Waals surface area contributed by atoms with E-state index in [-0.39, 0.29) is 12.2 Å². The zero-order valence-corrected chi connectivity index (χ0v) is 25.5. The number of pyridine rings is 1. The molecule has 4 aromatic carbocycles. The lowest BCUT2D eigenvalue weighted by Gasteiger charge is -2.25. The lowest BCUT2D eigenvalue weighted by atomic mass is 10.0. The van der Waals surface area contributed by atoms with Crippen LogP contribution in [0.5, 0.6) is 5.88 Å². The Hall–Kier alpha value is -4.33. The quantitative estimate of drug-likeness (QED) is 0.129. The predicted octanol–water partition coefficient (Wildman–Crippen LogP) is 7.80. The van der Waals surface area contributed by atoms with Crippen LogP contribution in [-0.4, -0.2) is 29.9 Å². The molecular weight excluding hydrogens is 562 g/mol. The van der Waals surface area contributed by atoms with E-state index in [1.807, 2.05) is 98.0 Å². The van der Waals surface area contributed by atoms with E-state index in [0.29, 0.717) is 38.9 Å². The number of aromatic nitrogens is 1. The van der Waals surface area contributed by atoms with Crippen molar-refractivity contribution in [2.45, 2.75) is 57.8 Å². The van der Waals surface area contributed by atoms with Crippen molar-refractivity contribution in [1.82, 2.24) is 4.98 Å². The fourth-order valence-electron chi connectivity index (χ4n) is 5.53. The predicted molar refractivity (Wildman–Crippen MR) is 173 cm³/mol. The maximum absolute atomic E-state index is 6.76. The van der Waals surface area contributed by atoms with Crippen LogP contribution in [0.4, 0.5) is 0 Å². The van der Waals surface area contributed by atoms with Crippen molar-refractivity contribution in [1.29, 1.82) is 0 Å². The summed E-state index contributed by atoms with van der Waals surface area (Å²) in [6.07, 6.45) is 0.311. The molecule has 45 heavy (non-hydrogen) atoms. The van der Waals surface area contributed by atoms with Crippen LogP contribution in [-0.2, 0) is 45.4 Å². The van der Waals surface area contributed by atoms with Gasteiger partial charge in [-0.3, -0.25) is 0 Å². The molecule has 0 aliphatic carbocycles. The van der Waals surface area contributed by atoms with Crippen LogP contribution in [0.1, 0.15) is 39.5 Å². The third-order valence-corrected chi connectivity index (χ3v) is 7.87. The molecule has 0 spiro atoms. The Balaban J connectivity index is 1.24. The minimum absolute atomic E-state index is 0.350. The summed E-state index contributed by atoms with van der Waals surface area (Å²) in [6, 6.07) is 42.7. The van der Waals surface area contributed by atoms with Crippen LogP contribution in [0.3, 0.4) is 0 Å². The first-order valence-corrected chi connectivity index (χ1v) is 15.4. The highest BCUT2D eigenvalue weighted by Gasteiger charge is 2.47. The number of ether oxygens (including phenoxy) is 5. The van der Waals surface area contributed by atoms with Crippen molar-refractivity contribution >= 4 is 0 Å². The first kappa shape index (κ1) is 30.7. The number of hydrogen-bond donors (Lipinski definition) is 0. The van der Waals surface area contributed by atoms with E-state index < -0.39 is 12.2 Å². The number of hydrogen-bond acceptors (Lipinski definition) is 6. The Labute approximate surface area is 265 Å². The Morgan fingerprint density at radius 3 is 1.62 bits per heavy atom. The molecule has 1 saturated heterocycles. The Bertz CT molecular complexity index is 1580. The summed E-state index contributed by atoms with van der Waals surface area (Å²) < 4.78 is 32.3. The molecule has 1 unspecified atom stereocenters. The minimum Gasteiger partial charge on any atom is -0.473 e. The fourth-order valence-corrected chi connectivity index (χ4v) is 5.53. The van der Waals surface area contributed by atoms with Gasteiger partial charge in [-0.2, -0.15) is 0 Å². The van der Waals surface area contributed by atoms with Gasteiger partial charge in [0.25, 0.3) is 0 Å². The summed E-state index contributed by atoms with van der Waals surface area (Å²) in [4.78, 5) is 4.71. The van der Waals surface area contributed by atoms with E-state index in [1.54, 1.807) is 0 Å². The van der Waals surface area contributed by atoms with Crippen molar-refractivity contribution in [2.24, 2.45) is 0 Å². The first-order chi connectivity index (χ1) is 22.2. The molecular formula is C39H39NO5.